The zero-order valence-electron chi connectivity index (χ0n) is 14.7. The number of benzene rings is 1. The number of thiophene rings is 1. The van der Waals surface area contributed by atoms with E-state index < -0.39 is 23.6 Å². The standard InChI is InChI=1S/C18H14F4N4O2S/c19-13-4-3-11(10-12(13)18(20,21)22)24-17(28)23-7-8-26-16(27)6-5-14(25-26)15-2-1-9-29-15/h1-6,9-10H,7-8H2,(H2,23,24,28). The van der Waals surface area contributed by atoms with Crippen molar-refractivity contribution in [3.8, 4) is 10.6 Å². The Balaban J connectivity index is 1.60. The van der Waals surface area contributed by atoms with Crippen LogP contribution in [0.15, 0.2) is 52.6 Å². The lowest BCUT2D eigenvalue weighted by atomic mass is 10.2. The molecule has 0 unspecified atom stereocenters. The summed E-state index contributed by atoms with van der Waals surface area (Å²) >= 11 is 1.46. The molecule has 3 rings (SSSR count). The van der Waals surface area contributed by atoms with Crippen LogP contribution in [-0.4, -0.2) is 22.4 Å². The lowest BCUT2D eigenvalue weighted by Crippen LogP contribution is -2.34. The number of nitrogens with zero attached hydrogens (tertiary/aromatic N) is 2. The van der Waals surface area contributed by atoms with Gasteiger partial charge < -0.3 is 10.6 Å². The molecule has 0 bridgehead atoms. The molecule has 0 aliphatic heterocycles. The number of carbonyl (C=O) groups is 1. The average molecular weight is 426 g/mol. The molecule has 2 N–H and O–H groups in total. The number of nitrogens with one attached hydrogen (secondary N) is 2. The number of hydrogen-bond acceptors (Lipinski definition) is 4. The molecule has 0 atom stereocenters. The van der Waals surface area contributed by atoms with Crippen LogP contribution >= 0.6 is 11.3 Å². The van der Waals surface area contributed by atoms with Crippen molar-refractivity contribution in [2.45, 2.75) is 12.7 Å². The van der Waals surface area contributed by atoms with Crippen molar-refractivity contribution in [2.75, 3.05) is 11.9 Å². The highest BCUT2D eigenvalue weighted by atomic mass is 32.1. The van der Waals surface area contributed by atoms with Gasteiger partial charge in [-0.15, -0.1) is 11.3 Å². The molecule has 29 heavy (non-hydrogen) atoms. The van der Waals surface area contributed by atoms with Crippen molar-refractivity contribution in [3.63, 3.8) is 0 Å². The maximum absolute atomic E-state index is 13.3. The fraction of sp³-hybridized carbons (Fsp3) is 0.167. The minimum Gasteiger partial charge on any atom is -0.336 e. The number of carbonyl (C=O) groups excluding carboxylic acids is 1. The molecule has 2 heterocycles. The molecule has 3 aromatic rings. The Morgan fingerprint density at radius 2 is 1.97 bits per heavy atom. The predicted octanol–water partition coefficient (Wildman–Crippen LogP) is 3.95. The van der Waals surface area contributed by atoms with Gasteiger partial charge in [0.2, 0.25) is 0 Å². The number of anilines is 1. The molecule has 11 heteroatoms. The number of urea groups is 1. The van der Waals surface area contributed by atoms with E-state index in [0.717, 1.165) is 10.9 Å². The molecule has 0 spiro atoms. The highest BCUT2D eigenvalue weighted by Gasteiger charge is 2.34. The van der Waals surface area contributed by atoms with Gasteiger partial charge in [0.05, 0.1) is 17.0 Å². The summed E-state index contributed by atoms with van der Waals surface area (Å²) in [4.78, 5) is 24.7. The minimum absolute atomic E-state index is 0.0000432. The first-order chi connectivity index (χ1) is 13.7. The first-order valence-electron chi connectivity index (χ1n) is 8.28. The number of halogens is 4. The van der Waals surface area contributed by atoms with Crippen molar-refractivity contribution < 1.29 is 22.4 Å². The number of amides is 2. The largest absolute Gasteiger partial charge is 0.419 e. The van der Waals surface area contributed by atoms with E-state index in [1.165, 1.54) is 22.1 Å². The van der Waals surface area contributed by atoms with Crippen molar-refractivity contribution in [3.05, 3.63) is 69.6 Å². The quantitative estimate of drug-likeness (QED) is 0.607. The van der Waals surface area contributed by atoms with Crippen LogP contribution in [0.1, 0.15) is 5.56 Å². The van der Waals surface area contributed by atoms with Crippen LogP contribution < -0.4 is 16.2 Å². The Hall–Kier alpha value is -3.21. The van der Waals surface area contributed by atoms with Gasteiger partial charge in [-0.1, -0.05) is 6.07 Å². The van der Waals surface area contributed by atoms with Gasteiger partial charge in [-0.25, -0.2) is 13.9 Å². The van der Waals surface area contributed by atoms with E-state index in [9.17, 15) is 27.2 Å². The van der Waals surface area contributed by atoms with E-state index in [2.05, 4.69) is 15.7 Å². The number of aromatic nitrogens is 2. The number of alkyl halides is 3. The third-order valence-electron chi connectivity index (χ3n) is 3.78. The Morgan fingerprint density at radius 3 is 2.66 bits per heavy atom. The summed E-state index contributed by atoms with van der Waals surface area (Å²) in [5, 5.41) is 10.7. The van der Waals surface area contributed by atoms with Gasteiger partial charge in [0, 0.05) is 18.3 Å². The van der Waals surface area contributed by atoms with Crippen molar-refractivity contribution in [1.82, 2.24) is 15.1 Å². The van der Waals surface area contributed by atoms with Crippen LogP contribution in [0.2, 0.25) is 0 Å². The third-order valence-corrected chi connectivity index (χ3v) is 4.67. The van der Waals surface area contributed by atoms with Gasteiger partial charge in [0.25, 0.3) is 5.56 Å². The summed E-state index contributed by atoms with van der Waals surface area (Å²) in [6.45, 7) is 0.0582. The molecule has 0 fully saturated rings. The molecule has 2 amide bonds. The SMILES string of the molecule is O=C(NCCn1nc(-c2cccs2)ccc1=O)Nc1ccc(F)c(C(F)(F)F)c1. The Kier molecular flexibility index (Phi) is 5.97. The lowest BCUT2D eigenvalue weighted by Gasteiger charge is -2.12. The summed E-state index contributed by atoms with van der Waals surface area (Å²) in [6.07, 6.45) is -4.88. The van der Waals surface area contributed by atoms with E-state index in [1.807, 2.05) is 17.5 Å². The van der Waals surface area contributed by atoms with Crippen LogP contribution in [0.4, 0.5) is 28.0 Å². The van der Waals surface area contributed by atoms with Crippen LogP contribution in [0.3, 0.4) is 0 Å². The van der Waals surface area contributed by atoms with E-state index in [0.29, 0.717) is 17.8 Å². The highest BCUT2D eigenvalue weighted by molar-refractivity contribution is 7.13. The first kappa shape index (κ1) is 20.5. The van der Waals surface area contributed by atoms with Gasteiger partial charge >= 0.3 is 12.2 Å². The van der Waals surface area contributed by atoms with Crippen LogP contribution in [0.25, 0.3) is 10.6 Å². The minimum atomic E-state index is -4.88. The average Bonchev–Trinajstić information content (AvgIpc) is 3.18. The second kappa shape index (κ2) is 8.43. The first-order valence-corrected chi connectivity index (χ1v) is 9.15. The molecular formula is C18H14F4N4O2S. The number of hydrogen-bond donors (Lipinski definition) is 2. The summed E-state index contributed by atoms with van der Waals surface area (Å²) in [6, 6.07) is 8.00. The summed E-state index contributed by atoms with van der Waals surface area (Å²) in [5.74, 6) is -1.43. The molecule has 0 saturated carbocycles. The molecular weight excluding hydrogens is 412 g/mol. The molecule has 2 aromatic heterocycles. The van der Waals surface area contributed by atoms with Crippen molar-refractivity contribution in [1.29, 1.82) is 0 Å². The molecule has 0 aliphatic carbocycles. The highest BCUT2D eigenvalue weighted by Crippen LogP contribution is 2.32. The third kappa shape index (κ3) is 5.19. The Bertz CT molecular complexity index is 1060. The molecule has 152 valence electrons. The summed E-state index contributed by atoms with van der Waals surface area (Å²) in [7, 11) is 0. The number of rotatable bonds is 5. The van der Waals surface area contributed by atoms with Crippen LogP contribution in [0, 0.1) is 5.82 Å². The zero-order chi connectivity index (χ0) is 21.0. The smallest absolute Gasteiger partial charge is 0.336 e. The second-order valence-corrected chi connectivity index (χ2v) is 6.78. The van der Waals surface area contributed by atoms with Crippen LogP contribution in [0.5, 0.6) is 0 Å². The monoisotopic (exact) mass is 426 g/mol. The van der Waals surface area contributed by atoms with Gasteiger partial charge in [-0.05, 0) is 35.7 Å². The van der Waals surface area contributed by atoms with E-state index in [-0.39, 0.29) is 24.3 Å². The van der Waals surface area contributed by atoms with Gasteiger partial charge in [0.1, 0.15) is 11.5 Å². The molecule has 0 aliphatic rings. The fourth-order valence-electron chi connectivity index (χ4n) is 2.44. The van der Waals surface area contributed by atoms with E-state index in [4.69, 9.17) is 0 Å². The molecule has 0 saturated heterocycles. The lowest BCUT2D eigenvalue weighted by molar-refractivity contribution is -0.139. The fourth-order valence-corrected chi connectivity index (χ4v) is 3.13. The normalized spacial score (nSPS) is 11.3. The van der Waals surface area contributed by atoms with Gasteiger partial charge in [0.15, 0.2) is 0 Å². The van der Waals surface area contributed by atoms with Crippen molar-refractivity contribution >= 4 is 23.1 Å². The van der Waals surface area contributed by atoms with Crippen molar-refractivity contribution in [2.24, 2.45) is 0 Å². The second-order valence-electron chi connectivity index (χ2n) is 5.83. The summed E-state index contributed by atoms with van der Waals surface area (Å²) < 4.78 is 52.6. The maximum atomic E-state index is 13.3. The van der Waals surface area contributed by atoms with Crippen LogP contribution in [-0.2, 0) is 12.7 Å². The summed E-state index contributed by atoms with van der Waals surface area (Å²) in [5.41, 5.74) is -1.45. The van der Waals surface area contributed by atoms with Gasteiger partial charge in [-0.3, -0.25) is 4.79 Å². The molecule has 6 nitrogen and oxygen atoms in total. The van der Waals surface area contributed by atoms with E-state index in [1.54, 1.807) is 6.07 Å². The molecule has 0 radical (unpaired) electrons. The predicted molar refractivity (Wildman–Crippen MR) is 100 cm³/mol. The van der Waals surface area contributed by atoms with Gasteiger partial charge in [-0.2, -0.15) is 18.3 Å². The zero-order valence-corrected chi connectivity index (χ0v) is 15.5. The Labute approximate surface area is 165 Å². The topological polar surface area (TPSA) is 76.0 Å². The van der Waals surface area contributed by atoms with E-state index >= 15 is 0 Å². The molecule has 1 aromatic carbocycles. The maximum Gasteiger partial charge on any atom is 0.419 e. The Morgan fingerprint density at radius 1 is 1.17 bits per heavy atom.